The van der Waals surface area contributed by atoms with Crippen LogP contribution in [-0.2, 0) is 22.6 Å². The first-order valence-electron chi connectivity index (χ1n) is 12.7. The third-order valence-corrected chi connectivity index (χ3v) is 7.11. The first kappa shape index (κ1) is 24.8. The first-order valence-corrected chi connectivity index (χ1v) is 12.7. The Hall–Kier alpha value is -3.35. The molecule has 4 rings (SSSR count). The lowest BCUT2D eigenvalue weighted by atomic mass is 9.94. The van der Waals surface area contributed by atoms with E-state index in [1.807, 2.05) is 60.7 Å². The SMILES string of the molecule is CNC(=O)CC1CN(Cc2ccccc2)C(=O)C(Cc2ccccc2)N1C(=O)NC1CCCCC1. The second-order valence-electron chi connectivity index (χ2n) is 9.63. The van der Waals surface area contributed by atoms with Gasteiger partial charge in [-0.05, 0) is 24.0 Å². The van der Waals surface area contributed by atoms with Crippen LogP contribution in [0.15, 0.2) is 60.7 Å². The van der Waals surface area contributed by atoms with E-state index in [4.69, 9.17) is 0 Å². The number of piperazine rings is 1. The van der Waals surface area contributed by atoms with E-state index in [9.17, 15) is 14.4 Å². The van der Waals surface area contributed by atoms with Crippen LogP contribution >= 0.6 is 0 Å². The van der Waals surface area contributed by atoms with Gasteiger partial charge in [0, 0.05) is 39.0 Å². The van der Waals surface area contributed by atoms with E-state index in [0.717, 1.165) is 36.8 Å². The number of carbonyl (C=O) groups excluding carboxylic acids is 3. The molecule has 0 aromatic heterocycles. The van der Waals surface area contributed by atoms with Gasteiger partial charge in [0.1, 0.15) is 6.04 Å². The number of nitrogens with zero attached hydrogens (tertiary/aromatic N) is 2. The Bertz CT molecular complexity index is 992. The second kappa shape index (κ2) is 11.9. The van der Waals surface area contributed by atoms with E-state index in [0.29, 0.717) is 19.5 Å². The number of urea groups is 1. The summed E-state index contributed by atoms with van der Waals surface area (Å²) in [5, 5.41) is 5.89. The van der Waals surface area contributed by atoms with E-state index >= 15 is 0 Å². The highest BCUT2D eigenvalue weighted by molar-refractivity contribution is 5.90. The molecule has 0 radical (unpaired) electrons. The lowest BCUT2D eigenvalue weighted by Gasteiger charge is -2.46. The molecule has 2 fully saturated rings. The Kier molecular flexibility index (Phi) is 8.40. The quantitative estimate of drug-likeness (QED) is 0.642. The van der Waals surface area contributed by atoms with Crippen molar-refractivity contribution >= 4 is 17.8 Å². The fourth-order valence-electron chi connectivity index (χ4n) is 5.27. The summed E-state index contributed by atoms with van der Waals surface area (Å²) < 4.78 is 0. The zero-order chi connectivity index (χ0) is 24.6. The average Bonchev–Trinajstić information content (AvgIpc) is 2.88. The Morgan fingerprint density at radius 2 is 1.54 bits per heavy atom. The summed E-state index contributed by atoms with van der Waals surface area (Å²) in [5.41, 5.74) is 2.01. The smallest absolute Gasteiger partial charge is 0.318 e. The van der Waals surface area contributed by atoms with Crippen molar-refractivity contribution in [3.63, 3.8) is 0 Å². The van der Waals surface area contributed by atoms with Gasteiger partial charge in [0.2, 0.25) is 11.8 Å². The van der Waals surface area contributed by atoms with E-state index in [1.54, 1.807) is 16.8 Å². The fraction of sp³-hybridized carbons (Fsp3) is 0.464. The Morgan fingerprint density at radius 1 is 0.914 bits per heavy atom. The lowest BCUT2D eigenvalue weighted by molar-refractivity contribution is -0.145. The minimum atomic E-state index is -0.673. The number of nitrogens with one attached hydrogen (secondary N) is 2. The summed E-state index contributed by atoms with van der Waals surface area (Å²) in [6.45, 7) is 0.776. The van der Waals surface area contributed by atoms with Crippen molar-refractivity contribution in [3.8, 4) is 0 Å². The third kappa shape index (κ3) is 6.41. The van der Waals surface area contributed by atoms with Gasteiger partial charge < -0.3 is 20.4 Å². The van der Waals surface area contributed by atoms with Gasteiger partial charge >= 0.3 is 6.03 Å². The van der Waals surface area contributed by atoms with E-state index in [2.05, 4.69) is 10.6 Å². The van der Waals surface area contributed by atoms with Gasteiger partial charge in [0.25, 0.3) is 0 Å². The summed E-state index contributed by atoms with van der Waals surface area (Å²) in [7, 11) is 1.60. The normalized spacial score (nSPS) is 21.0. The molecular weight excluding hydrogens is 440 g/mol. The zero-order valence-corrected chi connectivity index (χ0v) is 20.5. The molecule has 1 aliphatic heterocycles. The molecule has 2 N–H and O–H groups in total. The van der Waals surface area contributed by atoms with Gasteiger partial charge in [-0.25, -0.2) is 4.79 Å². The van der Waals surface area contributed by atoms with Crippen LogP contribution in [0.1, 0.15) is 49.7 Å². The maximum absolute atomic E-state index is 13.8. The molecule has 0 bridgehead atoms. The molecule has 7 heteroatoms. The molecule has 0 spiro atoms. The van der Waals surface area contributed by atoms with Crippen molar-refractivity contribution in [2.24, 2.45) is 0 Å². The average molecular weight is 477 g/mol. The monoisotopic (exact) mass is 476 g/mol. The predicted octanol–water partition coefficient (Wildman–Crippen LogP) is 3.49. The third-order valence-electron chi connectivity index (χ3n) is 7.11. The van der Waals surface area contributed by atoms with Gasteiger partial charge in [-0.15, -0.1) is 0 Å². The molecule has 2 aromatic rings. The van der Waals surface area contributed by atoms with Crippen molar-refractivity contribution in [2.75, 3.05) is 13.6 Å². The number of rotatable bonds is 7. The lowest BCUT2D eigenvalue weighted by Crippen LogP contribution is -2.66. The standard InChI is InChI=1S/C28H36N4O3/c1-29-26(33)18-24-20-31(19-22-13-7-3-8-14-22)27(34)25(17-21-11-5-2-6-12-21)32(24)28(35)30-23-15-9-4-10-16-23/h2-3,5-8,11-14,23-25H,4,9-10,15-20H2,1H3,(H,29,33)(H,30,35). The largest absolute Gasteiger partial charge is 0.359 e. The van der Waals surface area contributed by atoms with Crippen molar-refractivity contribution in [2.45, 2.75) is 69.6 Å². The minimum absolute atomic E-state index is 0.0790. The van der Waals surface area contributed by atoms with Gasteiger partial charge in [0.15, 0.2) is 0 Å². The molecule has 186 valence electrons. The van der Waals surface area contributed by atoms with Crippen molar-refractivity contribution in [1.29, 1.82) is 0 Å². The fourth-order valence-corrected chi connectivity index (χ4v) is 5.27. The minimum Gasteiger partial charge on any atom is -0.359 e. The molecule has 7 nitrogen and oxygen atoms in total. The van der Waals surface area contributed by atoms with Crippen LogP contribution in [0.5, 0.6) is 0 Å². The molecule has 2 atom stereocenters. The Labute approximate surface area is 207 Å². The first-order chi connectivity index (χ1) is 17.0. The summed E-state index contributed by atoms with van der Waals surface area (Å²) in [6, 6.07) is 18.4. The van der Waals surface area contributed by atoms with E-state index in [1.165, 1.54) is 6.42 Å². The molecule has 4 amide bonds. The summed E-state index contributed by atoms with van der Waals surface area (Å²) >= 11 is 0. The van der Waals surface area contributed by atoms with Gasteiger partial charge in [-0.2, -0.15) is 0 Å². The Balaban J connectivity index is 1.64. The van der Waals surface area contributed by atoms with Gasteiger partial charge in [0.05, 0.1) is 6.04 Å². The summed E-state index contributed by atoms with van der Waals surface area (Å²) in [5.74, 6) is -0.220. The summed E-state index contributed by atoms with van der Waals surface area (Å²) in [6.07, 6.45) is 5.87. The molecular formula is C28H36N4O3. The molecule has 2 aliphatic rings. The van der Waals surface area contributed by atoms with Crippen LogP contribution in [0.2, 0.25) is 0 Å². The topological polar surface area (TPSA) is 81.8 Å². The molecule has 1 saturated carbocycles. The number of carbonyl (C=O) groups is 3. The maximum Gasteiger partial charge on any atom is 0.318 e. The van der Waals surface area contributed by atoms with Crippen molar-refractivity contribution in [1.82, 2.24) is 20.4 Å². The maximum atomic E-state index is 13.8. The highest BCUT2D eigenvalue weighted by Gasteiger charge is 2.44. The van der Waals surface area contributed by atoms with Crippen LogP contribution in [0.4, 0.5) is 4.79 Å². The number of hydrogen-bond donors (Lipinski definition) is 2. The van der Waals surface area contributed by atoms with Gasteiger partial charge in [-0.1, -0.05) is 79.9 Å². The van der Waals surface area contributed by atoms with Crippen molar-refractivity contribution in [3.05, 3.63) is 71.8 Å². The van der Waals surface area contributed by atoms with Crippen LogP contribution in [0, 0.1) is 0 Å². The highest BCUT2D eigenvalue weighted by atomic mass is 16.2. The van der Waals surface area contributed by atoms with Crippen LogP contribution in [0.3, 0.4) is 0 Å². The van der Waals surface area contributed by atoms with E-state index in [-0.39, 0.29) is 30.3 Å². The molecule has 1 saturated heterocycles. The van der Waals surface area contributed by atoms with Crippen LogP contribution < -0.4 is 10.6 Å². The predicted molar refractivity (Wildman–Crippen MR) is 136 cm³/mol. The summed E-state index contributed by atoms with van der Waals surface area (Å²) in [4.78, 5) is 43.5. The number of hydrogen-bond acceptors (Lipinski definition) is 3. The van der Waals surface area contributed by atoms with Gasteiger partial charge in [-0.3, -0.25) is 9.59 Å². The Morgan fingerprint density at radius 3 is 2.17 bits per heavy atom. The second-order valence-corrected chi connectivity index (χ2v) is 9.63. The molecule has 1 aliphatic carbocycles. The van der Waals surface area contributed by atoms with Crippen molar-refractivity contribution < 1.29 is 14.4 Å². The highest BCUT2D eigenvalue weighted by Crippen LogP contribution is 2.26. The molecule has 35 heavy (non-hydrogen) atoms. The number of benzene rings is 2. The number of amides is 4. The molecule has 1 heterocycles. The molecule has 2 unspecified atom stereocenters. The van der Waals surface area contributed by atoms with E-state index < -0.39 is 12.1 Å². The van der Waals surface area contributed by atoms with Crippen LogP contribution in [-0.4, -0.2) is 59.4 Å². The zero-order valence-electron chi connectivity index (χ0n) is 20.5. The van der Waals surface area contributed by atoms with Crippen LogP contribution in [0.25, 0.3) is 0 Å². The molecule has 2 aromatic carbocycles.